The van der Waals surface area contributed by atoms with Crippen LogP contribution in [-0.2, 0) is 0 Å². The monoisotopic (exact) mass is 794 g/mol. The van der Waals surface area contributed by atoms with Crippen LogP contribution in [0.4, 0.5) is 0 Å². The Hall–Kier alpha value is -2.06. The molecule has 5 heteroatoms. The molecule has 2 aliphatic heterocycles. The maximum Gasteiger partial charge on any atom is 0.0409 e. The fourth-order valence-corrected chi connectivity index (χ4v) is 3.33. The molecule has 2 heterocycles. The van der Waals surface area contributed by atoms with Gasteiger partial charge in [-0.1, -0.05) is 185 Å². The van der Waals surface area contributed by atoms with Crippen molar-refractivity contribution in [3.05, 3.63) is 23.3 Å². The fraction of sp³-hybridized carbons (Fsp3) is 0.840. The van der Waals surface area contributed by atoms with Crippen LogP contribution in [0, 0.1) is 11.8 Å². The molecule has 0 aromatic carbocycles. The zero-order valence-electron chi connectivity index (χ0n) is 34.0. The van der Waals surface area contributed by atoms with Gasteiger partial charge in [-0.3, -0.25) is 10.0 Å². The Kier molecular flexibility index (Phi) is 152. The van der Waals surface area contributed by atoms with Crippen molar-refractivity contribution in [3.8, 4) is 11.8 Å². The Labute approximate surface area is 359 Å². The summed E-state index contributed by atoms with van der Waals surface area (Å²) in [7, 11) is 8.17. The van der Waals surface area contributed by atoms with E-state index in [0.717, 1.165) is 32.4 Å². The Morgan fingerprint density at radius 3 is 0.945 bits per heavy atom. The Morgan fingerprint density at radius 1 is 0.545 bits per heavy atom. The van der Waals surface area contributed by atoms with Crippen molar-refractivity contribution in [1.82, 2.24) is 14.9 Å². The molecular formula is C50H123N5. The van der Waals surface area contributed by atoms with Crippen molar-refractivity contribution in [3.63, 3.8) is 0 Å². The van der Waals surface area contributed by atoms with E-state index in [1.54, 1.807) is 0 Å². The van der Waals surface area contributed by atoms with Crippen molar-refractivity contribution < 1.29 is 0 Å². The highest BCUT2D eigenvalue weighted by Crippen LogP contribution is 2.16. The number of rotatable bonds is 6. The summed E-state index contributed by atoms with van der Waals surface area (Å²) in [6.45, 7) is 30.9. The summed E-state index contributed by atoms with van der Waals surface area (Å²) in [6, 6.07) is 0. The van der Waals surface area contributed by atoms with Gasteiger partial charge in [0.25, 0.3) is 0 Å². The highest BCUT2D eigenvalue weighted by atomic mass is 15.5. The van der Waals surface area contributed by atoms with Crippen LogP contribution < -0.4 is 0 Å². The summed E-state index contributed by atoms with van der Waals surface area (Å²) in [5, 5.41) is 12.2. The van der Waals surface area contributed by atoms with E-state index in [1.807, 2.05) is 44.9 Å². The van der Waals surface area contributed by atoms with Crippen LogP contribution in [-0.4, -0.2) is 74.2 Å². The van der Waals surface area contributed by atoms with E-state index in [9.17, 15) is 0 Å². The molecule has 3 rings (SSSR count). The molecule has 0 aromatic heterocycles. The summed E-state index contributed by atoms with van der Waals surface area (Å²) in [5.41, 5.74) is 5.52. The van der Waals surface area contributed by atoms with Gasteiger partial charge in [0, 0.05) is 57.9 Å². The minimum atomic E-state index is 0. The number of hydrogen-bond donors (Lipinski definition) is 0. The first-order chi connectivity index (χ1) is 21.4. The van der Waals surface area contributed by atoms with Gasteiger partial charge in [-0.2, -0.15) is 10.2 Å². The lowest BCUT2D eigenvalue weighted by Crippen LogP contribution is -2.11. The van der Waals surface area contributed by atoms with Gasteiger partial charge in [0.05, 0.1) is 0 Å². The molecule has 3 aliphatic rings. The molecule has 0 fully saturated rings. The van der Waals surface area contributed by atoms with E-state index >= 15 is 0 Å². The molecule has 0 N–H and O–H groups in total. The highest BCUT2D eigenvalue weighted by molar-refractivity contribution is 5.83. The SMILES string of the molecule is C.C.C.C.C.C.C.C.C.C.CC.CC#CCCC.CC1=CC=C(C)CC1.CC1=NN(C)CC1.CC1=NN(C)CC1.CCCC.CCCCC.CCCN(C)C. The molecule has 0 spiro atoms. The molecule has 0 unspecified atom stereocenters. The lowest BCUT2D eigenvalue weighted by Gasteiger charge is -2.05. The normalized spacial score (nSPS) is 11.2. The Bertz CT molecular complexity index is 719. The van der Waals surface area contributed by atoms with Gasteiger partial charge in [-0.25, -0.2) is 0 Å². The summed E-state index contributed by atoms with van der Waals surface area (Å²) >= 11 is 0. The first-order valence-corrected chi connectivity index (χ1v) is 18.3. The number of hydrazone groups is 2. The Morgan fingerprint density at radius 2 is 0.873 bits per heavy atom. The van der Waals surface area contributed by atoms with E-state index in [-0.39, 0.29) is 74.3 Å². The maximum atomic E-state index is 4.14. The van der Waals surface area contributed by atoms with Gasteiger partial charge in [0.15, 0.2) is 0 Å². The van der Waals surface area contributed by atoms with E-state index in [1.165, 1.54) is 86.9 Å². The number of unbranched alkanes of at least 4 members (excludes halogenated alkanes) is 4. The predicted molar refractivity (Wildman–Crippen MR) is 279 cm³/mol. The van der Waals surface area contributed by atoms with Crippen LogP contribution in [0.25, 0.3) is 0 Å². The van der Waals surface area contributed by atoms with Gasteiger partial charge in [-0.15, -0.1) is 11.8 Å². The zero-order chi connectivity index (χ0) is 35.9. The largest absolute Gasteiger partial charge is 0.309 e. The average Bonchev–Trinajstić information content (AvgIpc) is 3.60. The van der Waals surface area contributed by atoms with Gasteiger partial charge < -0.3 is 4.90 Å². The van der Waals surface area contributed by atoms with Crippen LogP contribution in [0.2, 0.25) is 0 Å². The second-order valence-corrected chi connectivity index (χ2v) is 11.8. The van der Waals surface area contributed by atoms with Gasteiger partial charge in [-0.05, 0) is 80.9 Å². The van der Waals surface area contributed by atoms with E-state index < -0.39 is 0 Å². The van der Waals surface area contributed by atoms with Crippen molar-refractivity contribution in [2.24, 2.45) is 10.2 Å². The van der Waals surface area contributed by atoms with Crippen LogP contribution in [0.3, 0.4) is 0 Å². The van der Waals surface area contributed by atoms with Crippen LogP contribution in [0.1, 0.15) is 241 Å². The molecule has 0 atom stereocenters. The molecule has 55 heavy (non-hydrogen) atoms. The maximum absolute atomic E-state index is 4.14. The van der Waals surface area contributed by atoms with Crippen molar-refractivity contribution in [1.29, 1.82) is 0 Å². The second kappa shape index (κ2) is 84.5. The predicted octanol–water partition coefficient (Wildman–Crippen LogP) is 18.2. The number of allylic oxidation sites excluding steroid dienone is 4. The molecule has 0 bridgehead atoms. The highest BCUT2D eigenvalue weighted by Gasteiger charge is 2.04. The first kappa shape index (κ1) is 99.2. The van der Waals surface area contributed by atoms with Crippen molar-refractivity contribution in [2.75, 3.05) is 47.8 Å². The molecule has 0 saturated carbocycles. The van der Waals surface area contributed by atoms with E-state index in [2.05, 4.69) is 122 Å². The smallest absolute Gasteiger partial charge is 0.0409 e. The van der Waals surface area contributed by atoms with Crippen LogP contribution >= 0.6 is 0 Å². The molecular weight excluding hydrogens is 671 g/mol. The third-order valence-electron chi connectivity index (χ3n) is 6.27. The second-order valence-electron chi connectivity index (χ2n) is 11.8. The topological polar surface area (TPSA) is 34.4 Å². The third kappa shape index (κ3) is 106. The first-order valence-electron chi connectivity index (χ1n) is 18.3. The Balaban J connectivity index is -0.0000000253. The molecule has 0 aromatic rings. The van der Waals surface area contributed by atoms with Crippen LogP contribution in [0.15, 0.2) is 33.5 Å². The fourth-order valence-electron chi connectivity index (χ4n) is 3.33. The van der Waals surface area contributed by atoms with E-state index in [4.69, 9.17) is 0 Å². The summed E-state index contributed by atoms with van der Waals surface area (Å²) in [5.74, 6) is 5.77. The molecule has 0 amide bonds. The zero-order valence-corrected chi connectivity index (χ0v) is 34.0. The molecule has 1 aliphatic carbocycles. The molecule has 0 saturated heterocycles. The van der Waals surface area contributed by atoms with Gasteiger partial charge >= 0.3 is 0 Å². The number of nitrogens with zero attached hydrogens (tertiary/aromatic N) is 5. The van der Waals surface area contributed by atoms with Gasteiger partial charge in [0.1, 0.15) is 0 Å². The summed E-state index contributed by atoms with van der Waals surface area (Å²) in [4.78, 5) is 2.18. The third-order valence-corrected chi connectivity index (χ3v) is 6.27. The standard InChI is InChI=1S/C8H12.C6H10.2C5H10N2.C5H13N.C5H12.C4H10.C2H6.10CH4/c1-7-3-5-8(2)6-4-7;1-3-5-6-4-2;2*1-5-3-4-7(2)6-5;1-4-5-6(2)3;1-3-5-4-2;1-3-4-2;1-2;;;;;;;;;;/h3,5H,4,6H2,1-2H3;3,5H2,1-2H3;2*3-4H2,1-2H3;4-5H2,1-3H3;3-5H2,1-2H3;3-4H2,1-2H3;1-2H3;10*1H4. The quantitative estimate of drug-likeness (QED) is 0.251. The average molecular weight is 795 g/mol. The minimum Gasteiger partial charge on any atom is -0.309 e. The molecule has 348 valence electrons. The summed E-state index contributed by atoms with van der Waals surface area (Å²) < 4.78 is 0. The van der Waals surface area contributed by atoms with Crippen LogP contribution in [0.5, 0.6) is 0 Å². The van der Waals surface area contributed by atoms with Crippen molar-refractivity contribution in [2.45, 2.75) is 241 Å². The number of hydrogen-bond acceptors (Lipinski definition) is 5. The lowest BCUT2D eigenvalue weighted by atomic mass is 10.0. The van der Waals surface area contributed by atoms with Gasteiger partial charge in [0.2, 0.25) is 0 Å². The minimum absolute atomic E-state index is 0. The van der Waals surface area contributed by atoms with Crippen molar-refractivity contribution >= 4 is 11.4 Å². The molecule has 5 nitrogen and oxygen atoms in total. The van der Waals surface area contributed by atoms with E-state index in [0.29, 0.717) is 0 Å². The molecule has 0 radical (unpaired) electrons. The lowest BCUT2D eigenvalue weighted by molar-refractivity contribution is 0.393. The summed E-state index contributed by atoms with van der Waals surface area (Å²) in [6.07, 6.45) is 19.5.